The third-order valence-corrected chi connectivity index (χ3v) is 2.82. The highest BCUT2D eigenvalue weighted by Crippen LogP contribution is 2.32. The summed E-state index contributed by atoms with van der Waals surface area (Å²) >= 11 is 5.93. The molecule has 0 bridgehead atoms. The highest BCUT2D eigenvalue weighted by Gasteiger charge is 2.24. The van der Waals surface area contributed by atoms with Crippen LogP contribution in [0.1, 0.15) is 23.6 Å². The minimum absolute atomic E-state index is 0. The standard InChI is InChI=1S/C10H11ClFN.ClH/c1-6-2-3-7(11)9(10(6)12)8-4-5-13-8;/h2-3,8,13H,4-5H2,1H3;1H/t8-;/m1./s1. The lowest BCUT2D eigenvalue weighted by Crippen LogP contribution is -2.35. The minimum atomic E-state index is -0.162. The molecule has 1 aliphatic heterocycles. The zero-order valence-electron chi connectivity index (χ0n) is 7.81. The van der Waals surface area contributed by atoms with Crippen LogP contribution in [0.4, 0.5) is 4.39 Å². The van der Waals surface area contributed by atoms with Crippen molar-refractivity contribution in [3.63, 3.8) is 0 Å². The summed E-state index contributed by atoms with van der Waals surface area (Å²) in [5.41, 5.74) is 1.29. The van der Waals surface area contributed by atoms with Gasteiger partial charge in [-0.1, -0.05) is 17.7 Å². The zero-order chi connectivity index (χ0) is 9.42. The second-order valence-electron chi connectivity index (χ2n) is 3.39. The van der Waals surface area contributed by atoms with Gasteiger partial charge in [0.2, 0.25) is 0 Å². The monoisotopic (exact) mass is 235 g/mol. The SMILES string of the molecule is Cc1ccc(Cl)c([C@H]2CCN2)c1F.Cl. The summed E-state index contributed by atoms with van der Waals surface area (Å²) in [4.78, 5) is 0. The van der Waals surface area contributed by atoms with Gasteiger partial charge in [-0.05, 0) is 31.5 Å². The van der Waals surface area contributed by atoms with Crippen molar-refractivity contribution < 1.29 is 4.39 Å². The Labute approximate surface area is 94.1 Å². The van der Waals surface area contributed by atoms with Gasteiger partial charge in [0.1, 0.15) is 5.82 Å². The van der Waals surface area contributed by atoms with Crippen molar-refractivity contribution in [2.45, 2.75) is 19.4 Å². The van der Waals surface area contributed by atoms with E-state index in [0.717, 1.165) is 13.0 Å². The Morgan fingerprint density at radius 3 is 2.64 bits per heavy atom. The molecule has 1 nitrogen and oxygen atoms in total. The fraction of sp³-hybridized carbons (Fsp3) is 0.400. The molecule has 4 heteroatoms. The maximum atomic E-state index is 13.6. The molecule has 1 heterocycles. The normalized spacial score (nSPS) is 19.8. The highest BCUT2D eigenvalue weighted by molar-refractivity contribution is 6.31. The first-order valence-corrected chi connectivity index (χ1v) is 4.76. The summed E-state index contributed by atoms with van der Waals surface area (Å²) in [5, 5.41) is 3.67. The van der Waals surface area contributed by atoms with Gasteiger partial charge < -0.3 is 5.32 Å². The van der Waals surface area contributed by atoms with Crippen molar-refractivity contribution in [2.24, 2.45) is 0 Å². The smallest absolute Gasteiger partial charge is 0.132 e. The number of benzene rings is 1. The van der Waals surface area contributed by atoms with Crippen LogP contribution in [0.5, 0.6) is 0 Å². The number of halogens is 3. The molecule has 1 atom stereocenters. The van der Waals surface area contributed by atoms with Gasteiger partial charge in [-0.2, -0.15) is 0 Å². The molecule has 1 aromatic rings. The van der Waals surface area contributed by atoms with Crippen molar-refractivity contribution in [1.82, 2.24) is 5.32 Å². The molecule has 0 saturated carbocycles. The van der Waals surface area contributed by atoms with E-state index >= 15 is 0 Å². The van der Waals surface area contributed by atoms with Crippen LogP contribution >= 0.6 is 24.0 Å². The summed E-state index contributed by atoms with van der Waals surface area (Å²) in [6.45, 7) is 2.71. The molecule has 1 aliphatic rings. The third kappa shape index (κ3) is 1.88. The summed E-state index contributed by atoms with van der Waals surface area (Å²) in [6, 6.07) is 3.59. The van der Waals surface area contributed by atoms with Gasteiger partial charge in [0.05, 0.1) is 0 Å². The lowest BCUT2D eigenvalue weighted by Gasteiger charge is -2.29. The van der Waals surface area contributed by atoms with Crippen LogP contribution in [0.3, 0.4) is 0 Å². The Morgan fingerprint density at radius 2 is 2.14 bits per heavy atom. The van der Waals surface area contributed by atoms with E-state index in [4.69, 9.17) is 11.6 Å². The summed E-state index contributed by atoms with van der Waals surface area (Å²) < 4.78 is 13.6. The molecule has 0 spiro atoms. The Hall–Kier alpha value is -0.310. The third-order valence-electron chi connectivity index (χ3n) is 2.49. The fourth-order valence-electron chi connectivity index (χ4n) is 1.53. The Bertz CT molecular complexity index is 337. The average molecular weight is 236 g/mol. The Kier molecular flexibility index (Phi) is 3.76. The van der Waals surface area contributed by atoms with Crippen LogP contribution < -0.4 is 5.32 Å². The lowest BCUT2D eigenvalue weighted by molar-refractivity contribution is 0.370. The molecule has 78 valence electrons. The van der Waals surface area contributed by atoms with Crippen LogP contribution in [0, 0.1) is 12.7 Å². The van der Waals surface area contributed by atoms with Gasteiger partial charge in [-0.25, -0.2) is 4.39 Å². The molecule has 2 rings (SSSR count). The Morgan fingerprint density at radius 1 is 1.50 bits per heavy atom. The summed E-state index contributed by atoms with van der Waals surface area (Å²) in [7, 11) is 0. The maximum absolute atomic E-state index is 13.6. The van der Waals surface area contributed by atoms with Gasteiger partial charge in [0.25, 0.3) is 0 Å². The molecule has 0 radical (unpaired) electrons. The van der Waals surface area contributed by atoms with Crippen molar-refractivity contribution in [3.8, 4) is 0 Å². The van der Waals surface area contributed by atoms with Gasteiger partial charge in [0, 0.05) is 16.6 Å². The van der Waals surface area contributed by atoms with E-state index in [1.807, 2.05) is 0 Å². The van der Waals surface area contributed by atoms with E-state index in [0.29, 0.717) is 16.1 Å². The van der Waals surface area contributed by atoms with E-state index in [1.54, 1.807) is 19.1 Å². The van der Waals surface area contributed by atoms with Crippen LogP contribution in [0.2, 0.25) is 5.02 Å². The lowest BCUT2D eigenvalue weighted by atomic mass is 9.96. The zero-order valence-corrected chi connectivity index (χ0v) is 9.38. The number of hydrogen-bond acceptors (Lipinski definition) is 1. The molecule has 1 saturated heterocycles. The predicted molar refractivity (Wildman–Crippen MR) is 58.8 cm³/mol. The quantitative estimate of drug-likeness (QED) is 0.789. The van der Waals surface area contributed by atoms with Gasteiger partial charge in [0.15, 0.2) is 0 Å². The number of hydrogen-bond donors (Lipinski definition) is 1. The van der Waals surface area contributed by atoms with E-state index in [9.17, 15) is 4.39 Å². The molecular formula is C10H12Cl2FN. The van der Waals surface area contributed by atoms with E-state index < -0.39 is 0 Å². The Balaban J connectivity index is 0.000000980. The molecule has 1 fully saturated rings. The minimum Gasteiger partial charge on any atom is -0.310 e. The number of aryl methyl sites for hydroxylation is 1. The molecule has 0 unspecified atom stereocenters. The van der Waals surface area contributed by atoms with E-state index in [2.05, 4.69) is 5.32 Å². The van der Waals surface area contributed by atoms with Crippen LogP contribution in [-0.4, -0.2) is 6.54 Å². The summed E-state index contributed by atoms with van der Waals surface area (Å²) in [6.07, 6.45) is 0.972. The molecule has 14 heavy (non-hydrogen) atoms. The molecule has 1 aromatic carbocycles. The fourth-order valence-corrected chi connectivity index (χ4v) is 1.81. The van der Waals surface area contributed by atoms with E-state index in [-0.39, 0.29) is 24.3 Å². The van der Waals surface area contributed by atoms with Crippen molar-refractivity contribution in [3.05, 3.63) is 34.1 Å². The topological polar surface area (TPSA) is 12.0 Å². The molecule has 0 amide bonds. The first-order chi connectivity index (χ1) is 6.20. The van der Waals surface area contributed by atoms with Crippen molar-refractivity contribution >= 4 is 24.0 Å². The second-order valence-corrected chi connectivity index (χ2v) is 3.79. The van der Waals surface area contributed by atoms with Gasteiger partial charge >= 0.3 is 0 Å². The predicted octanol–water partition coefficient (Wildman–Crippen LogP) is 3.24. The van der Waals surface area contributed by atoms with Crippen LogP contribution in [0.15, 0.2) is 12.1 Å². The highest BCUT2D eigenvalue weighted by atomic mass is 35.5. The summed E-state index contributed by atoms with van der Waals surface area (Å²) in [5.74, 6) is -0.162. The van der Waals surface area contributed by atoms with Crippen molar-refractivity contribution in [2.75, 3.05) is 6.54 Å². The van der Waals surface area contributed by atoms with E-state index in [1.165, 1.54) is 0 Å². The maximum Gasteiger partial charge on any atom is 0.132 e. The molecular weight excluding hydrogens is 224 g/mol. The molecule has 0 aromatic heterocycles. The van der Waals surface area contributed by atoms with Gasteiger partial charge in [-0.3, -0.25) is 0 Å². The first kappa shape index (κ1) is 11.8. The molecule has 0 aliphatic carbocycles. The second kappa shape index (κ2) is 4.47. The first-order valence-electron chi connectivity index (χ1n) is 4.38. The number of nitrogens with one attached hydrogen (secondary N) is 1. The average Bonchev–Trinajstić information content (AvgIpc) is 2.02. The van der Waals surface area contributed by atoms with Crippen LogP contribution in [0.25, 0.3) is 0 Å². The van der Waals surface area contributed by atoms with Crippen LogP contribution in [-0.2, 0) is 0 Å². The van der Waals surface area contributed by atoms with Crippen molar-refractivity contribution in [1.29, 1.82) is 0 Å². The largest absolute Gasteiger partial charge is 0.310 e. The number of rotatable bonds is 1. The van der Waals surface area contributed by atoms with Gasteiger partial charge in [-0.15, -0.1) is 12.4 Å². The molecule has 1 N–H and O–H groups in total.